The highest BCUT2D eigenvalue weighted by Gasteiger charge is 2.33. The molecule has 0 bridgehead atoms. The first kappa shape index (κ1) is 11.5. The number of rotatable bonds is 1. The number of hydrogen-bond donors (Lipinski definition) is 2. The van der Waals surface area contributed by atoms with E-state index in [0.717, 1.165) is 12.3 Å². The van der Waals surface area contributed by atoms with Gasteiger partial charge in [-0.25, -0.2) is 9.37 Å². The van der Waals surface area contributed by atoms with Gasteiger partial charge in [0.2, 0.25) is 0 Å². The van der Waals surface area contributed by atoms with Gasteiger partial charge in [0.25, 0.3) is 0 Å². The van der Waals surface area contributed by atoms with Crippen LogP contribution in [0.2, 0.25) is 0 Å². The molecule has 88 valence electrons. The quantitative estimate of drug-likeness (QED) is 0.315. The van der Waals surface area contributed by atoms with Crippen molar-refractivity contribution in [3.8, 4) is 11.8 Å². The maximum atomic E-state index is 13.1. The van der Waals surface area contributed by atoms with Gasteiger partial charge in [-0.2, -0.15) is 0 Å². The maximum absolute atomic E-state index is 13.1. The first-order chi connectivity index (χ1) is 8.13. The molecule has 17 heavy (non-hydrogen) atoms. The first-order valence-corrected chi connectivity index (χ1v) is 4.80. The van der Waals surface area contributed by atoms with Gasteiger partial charge in [-0.15, -0.1) is 0 Å². The maximum Gasteiger partial charge on any atom is 0.172 e. The van der Waals surface area contributed by atoms with Crippen molar-refractivity contribution in [3.05, 3.63) is 29.3 Å². The van der Waals surface area contributed by atoms with Crippen LogP contribution in [0.4, 0.5) is 4.39 Å². The molecule has 1 aliphatic heterocycles. The van der Waals surface area contributed by atoms with Crippen molar-refractivity contribution in [2.24, 2.45) is 5.16 Å². The highest BCUT2D eigenvalue weighted by atomic mass is 19.1. The number of ether oxygens (including phenoxy) is 1. The van der Waals surface area contributed by atoms with Crippen molar-refractivity contribution in [2.75, 3.05) is 13.2 Å². The van der Waals surface area contributed by atoms with Gasteiger partial charge < -0.3 is 15.1 Å². The number of hydrogen-bond acceptors (Lipinski definition) is 5. The van der Waals surface area contributed by atoms with Crippen LogP contribution in [0.3, 0.4) is 0 Å². The molecule has 1 aromatic heterocycles. The lowest BCUT2D eigenvalue weighted by Gasteiger charge is -2.30. The molecule has 2 rings (SSSR count). The molecule has 0 saturated carbocycles. The molecule has 1 aliphatic rings. The Morgan fingerprint density at radius 2 is 2.29 bits per heavy atom. The van der Waals surface area contributed by atoms with E-state index in [1.54, 1.807) is 0 Å². The topological polar surface area (TPSA) is 74.9 Å². The third kappa shape index (κ3) is 2.58. The van der Waals surface area contributed by atoms with Crippen LogP contribution in [0.5, 0.6) is 0 Å². The minimum Gasteiger partial charge on any atom is -0.411 e. The SMILES string of the molecule is ON=Cc1nc(C#CC2(O)COC2)ccc1F. The third-order valence-corrected chi connectivity index (χ3v) is 2.16. The summed E-state index contributed by atoms with van der Waals surface area (Å²) in [5, 5.41) is 20.6. The number of oxime groups is 1. The number of nitrogens with zero attached hydrogens (tertiary/aromatic N) is 2. The molecule has 1 saturated heterocycles. The lowest BCUT2D eigenvalue weighted by molar-refractivity contribution is -0.140. The van der Waals surface area contributed by atoms with Crippen molar-refractivity contribution in [2.45, 2.75) is 5.60 Å². The van der Waals surface area contributed by atoms with Crippen LogP contribution in [-0.2, 0) is 4.74 Å². The Morgan fingerprint density at radius 3 is 2.88 bits per heavy atom. The highest BCUT2D eigenvalue weighted by Crippen LogP contribution is 2.14. The lowest BCUT2D eigenvalue weighted by atomic mass is 10.0. The van der Waals surface area contributed by atoms with Crippen LogP contribution in [0.1, 0.15) is 11.4 Å². The lowest BCUT2D eigenvalue weighted by Crippen LogP contribution is -2.48. The number of halogens is 1. The van der Waals surface area contributed by atoms with E-state index in [9.17, 15) is 9.50 Å². The molecule has 1 fully saturated rings. The van der Waals surface area contributed by atoms with Crippen LogP contribution in [0.15, 0.2) is 17.3 Å². The molecule has 5 nitrogen and oxygen atoms in total. The van der Waals surface area contributed by atoms with Gasteiger partial charge in [-0.1, -0.05) is 11.1 Å². The fourth-order valence-electron chi connectivity index (χ4n) is 1.22. The zero-order chi connectivity index (χ0) is 12.3. The molecular formula is C11H9FN2O3. The fraction of sp³-hybridized carbons (Fsp3) is 0.273. The molecular weight excluding hydrogens is 227 g/mol. The van der Waals surface area contributed by atoms with Crippen LogP contribution >= 0.6 is 0 Å². The zero-order valence-electron chi connectivity index (χ0n) is 8.72. The summed E-state index contributed by atoms with van der Waals surface area (Å²) < 4.78 is 17.9. The predicted molar refractivity (Wildman–Crippen MR) is 56.2 cm³/mol. The summed E-state index contributed by atoms with van der Waals surface area (Å²) in [4.78, 5) is 3.81. The van der Waals surface area contributed by atoms with Gasteiger partial charge in [0.05, 0.1) is 19.4 Å². The van der Waals surface area contributed by atoms with Gasteiger partial charge in [0.15, 0.2) is 11.4 Å². The zero-order valence-corrected chi connectivity index (χ0v) is 8.72. The van der Waals surface area contributed by atoms with Crippen molar-refractivity contribution in [1.82, 2.24) is 4.98 Å². The minimum absolute atomic E-state index is 0.115. The average molecular weight is 236 g/mol. The van der Waals surface area contributed by atoms with Crippen molar-refractivity contribution >= 4 is 6.21 Å². The van der Waals surface area contributed by atoms with E-state index in [-0.39, 0.29) is 24.6 Å². The molecule has 0 aliphatic carbocycles. The summed E-state index contributed by atoms with van der Waals surface area (Å²) in [6.45, 7) is 0.318. The Balaban J connectivity index is 2.24. The molecule has 0 amide bonds. The number of aromatic nitrogens is 1. The number of aliphatic hydroxyl groups is 1. The Kier molecular flexibility index (Phi) is 3.04. The van der Waals surface area contributed by atoms with Crippen molar-refractivity contribution in [3.63, 3.8) is 0 Å². The fourth-order valence-corrected chi connectivity index (χ4v) is 1.22. The monoisotopic (exact) mass is 236 g/mol. The second kappa shape index (κ2) is 4.49. The summed E-state index contributed by atoms with van der Waals surface area (Å²) in [5.74, 6) is 4.59. The molecule has 0 atom stereocenters. The molecule has 0 unspecified atom stereocenters. The van der Waals surface area contributed by atoms with Crippen LogP contribution in [0, 0.1) is 17.7 Å². The standard InChI is InChI=1S/C11H9FN2O3/c12-9-2-1-8(14-10(9)5-13-16)3-4-11(15)6-17-7-11/h1-2,5,15-16H,6-7H2. The summed E-state index contributed by atoms with van der Waals surface area (Å²) in [6, 6.07) is 2.54. The molecule has 6 heteroatoms. The van der Waals surface area contributed by atoms with Crippen LogP contribution in [0.25, 0.3) is 0 Å². The van der Waals surface area contributed by atoms with E-state index in [4.69, 9.17) is 9.94 Å². The summed E-state index contributed by atoms with van der Waals surface area (Å²) >= 11 is 0. The third-order valence-electron chi connectivity index (χ3n) is 2.16. The summed E-state index contributed by atoms with van der Waals surface area (Å²) in [7, 11) is 0. The van der Waals surface area contributed by atoms with Gasteiger partial charge in [-0.05, 0) is 18.1 Å². The predicted octanol–water partition coefficient (Wildman–Crippen LogP) is 0.142. The second-order valence-electron chi connectivity index (χ2n) is 3.58. The molecule has 2 heterocycles. The van der Waals surface area contributed by atoms with Gasteiger partial charge in [0.1, 0.15) is 11.4 Å². The Hall–Kier alpha value is -1.97. The van der Waals surface area contributed by atoms with Crippen molar-refractivity contribution in [1.29, 1.82) is 0 Å². The molecule has 0 aromatic carbocycles. The van der Waals surface area contributed by atoms with E-state index in [0.29, 0.717) is 0 Å². The van der Waals surface area contributed by atoms with E-state index < -0.39 is 11.4 Å². The minimum atomic E-state index is -1.14. The van der Waals surface area contributed by atoms with Gasteiger partial charge >= 0.3 is 0 Å². The molecule has 0 spiro atoms. The average Bonchev–Trinajstić information content (AvgIpc) is 2.28. The Bertz CT molecular complexity index is 515. The summed E-state index contributed by atoms with van der Waals surface area (Å²) in [6.07, 6.45) is 0.877. The largest absolute Gasteiger partial charge is 0.411 e. The molecule has 2 N–H and O–H groups in total. The summed E-state index contributed by atoms with van der Waals surface area (Å²) in [5.41, 5.74) is -0.973. The second-order valence-corrected chi connectivity index (χ2v) is 3.58. The highest BCUT2D eigenvalue weighted by molar-refractivity contribution is 5.76. The van der Waals surface area contributed by atoms with E-state index >= 15 is 0 Å². The van der Waals surface area contributed by atoms with Gasteiger partial charge in [-0.3, -0.25) is 0 Å². The number of pyridine rings is 1. The first-order valence-electron chi connectivity index (χ1n) is 4.80. The Labute approximate surface area is 96.6 Å². The molecule has 0 radical (unpaired) electrons. The van der Waals surface area contributed by atoms with E-state index in [2.05, 4.69) is 22.0 Å². The normalized spacial score (nSPS) is 17.3. The van der Waals surface area contributed by atoms with E-state index in [1.165, 1.54) is 6.07 Å². The molecule has 1 aromatic rings. The Morgan fingerprint density at radius 1 is 1.53 bits per heavy atom. The van der Waals surface area contributed by atoms with Gasteiger partial charge in [0, 0.05) is 0 Å². The van der Waals surface area contributed by atoms with E-state index in [1.807, 2.05) is 0 Å². The van der Waals surface area contributed by atoms with Crippen LogP contribution < -0.4 is 0 Å². The van der Waals surface area contributed by atoms with Crippen LogP contribution in [-0.4, -0.2) is 40.3 Å². The van der Waals surface area contributed by atoms with Crippen molar-refractivity contribution < 1.29 is 19.4 Å². The smallest absolute Gasteiger partial charge is 0.172 e.